The second-order valence-corrected chi connectivity index (χ2v) is 3.44. The zero-order valence-electron chi connectivity index (χ0n) is 8.56. The van der Waals surface area contributed by atoms with Crippen LogP contribution in [0.25, 0.3) is 0 Å². The number of benzene rings is 1. The number of carbonyl (C=O) groups excluding carboxylic acids is 2. The Morgan fingerprint density at radius 1 is 0.941 bits per heavy atom. The van der Waals surface area contributed by atoms with Gasteiger partial charge in [0.05, 0.1) is 5.69 Å². The van der Waals surface area contributed by atoms with Gasteiger partial charge >= 0.3 is 8.25 Å². The van der Waals surface area contributed by atoms with Crippen molar-refractivity contribution >= 4 is 25.8 Å². The van der Waals surface area contributed by atoms with Crippen molar-refractivity contribution in [1.82, 2.24) is 0 Å². The van der Waals surface area contributed by atoms with Crippen molar-refractivity contribution in [3.8, 4) is 0 Å². The van der Waals surface area contributed by atoms with Crippen molar-refractivity contribution in [2.45, 2.75) is 0 Å². The summed E-state index contributed by atoms with van der Waals surface area (Å²) < 4.78 is 8.70. The van der Waals surface area contributed by atoms with Gasteiger partial charge in [0.15, 0.2) is 0 Å². The van der Waals surface area contributed by atoms with Crippen LogP contribution in [0.2, 0.25) is 0 Å². The van der Waals surface area contributed by atoms with Crippen LogP contribution in [-0.4, -0.2) is 21.6 Å². The van der Waals surface area contributed by atoms with Gasteiger partial charge in [-0.05, 0) is 12.1 Å². The summed E-state index contributed by atoms with van der Waals surface area (Å²) in [4.78, 5) is 37.8. The van der Waals surface area contributed by atoms with Crippen molar-refractivity contribution in [3.63, 3.8) is 0 Å². The molecule has 0 fully saturated rings. The molecule has 1 aliphatic rings. The van der Waals surface area contributed by atoms with Gasteiger partial charge in [-0.2, -0.15) is 0 Å². The molecule has 0 unspecified atom stereocenters. The normalized spacial score (nSPS) is 13.4. The first-order valence-electron chi connectivity index (χ1n) is 4.48. The molecule has 7 heteroatoms. The summed E-state index contributed by atoms with van der Waals surface area (Å²) in [5.41, 5.74) is 0.613. The van der Waals surface area contributed by atoms with E-state index in [1.54, 1.807) is 24.3 Å². The van der Waals surface area contributed by atoms with Crippen LogP contribution in [0.3, 0.4) is 0 Å². The lowest BCUT2D eigenvalue weighted by Crippen LogP contribution is -2.29. The maximum atomic E-state index is 11.2. The summed E-state index contributed by atoms with van der Waals surface area (Å²) in [5, 5.41) is 0. The number of imide groups is 1. The first kappa shape index (κ1) is 13.2. The topological polar surface area (TPSA) is 94.9 Å². The average molecular weight is 254 g/mol. The number of hydrogen-bond acceptors (Lipinski definition) is 3. The van der Waals surface area contributed by atoms with E-state index in [-0.39, 0.29) is 11.8 Å². The highest BCUT2D eigenvalue weighted by Crippen LogP contribution is 2.17. The number of para-hydroxylation sites is 1. The van der Waals surface area contributed by atoms with Crippen LogP contribution in [0.1, 0.15) is 0 Å². The number of hydrogen-bond donors (Lipinski definition) is 2. The molecule has 0 radical (unpaired) electrons. The third-order valence-corrected chi connectivity index (χ3v) is 1.82. The predicted molar refractivity (Wildman–Crippen MR) is 60.1 cm³/mol. The molecule has 0 atom stereocenters. The summed E-state index contributed by atoms with van der Waals surface area (Å²) in [6, 6.07) is 8.86. The molecule has 88 valence electrons. The molecule has 6 nitrogen and oxygen atoms in total. The molecule has 0 bridgehead atoms. The van der Waals surface area contributed by atoms with Gasteiger partial charge in [0.1, 0.15) is 0 Å². The van der Waals surface area contributed by atoms with E-state index < -0.39 is 8.25 Å². The van der Waals surface area contributed by atoms with Crippen LogP contribution >= 0.6 is 8.25 Å². The van der Waals surface area contributed by atoms with Gasteiger partial charge in [-0.25, -0.2) is 4.90 Å². The molecule has 17 heavy (non-hydrogen) atoms. The molecule has 1 aromatic carbocycles. The Hall–Kier alpha value is -1.88. The fraction of sp³-hybridized carbons (Fsp3) is 0. The number of amides is 2. The van der Waals surface area contributed by atoms with E-state index in [4.69, 9.17) is 14.4 Å². The van der Waals surface area contributed by atoms with Crippen molar-refractivity contribution in [3.05, 3.63) is 42.5 Å². The van der Waals surface area contributed by atoms with E-state index in [2.05, 4.69) is 0 Å². The molecule has 1 heterocycles. The Labute approximate surface area is 97.8 Å². The first-order chi connectivity index (χ1) is 8.02. The number of anilines is 1. The van der Waals surface area contributed by atoms with Crippen molar-refractivity contribution in [2.24, 2.45) is 0 Å². The summed E-state index contributed by atoms with van der Waals surface area (Å²) in [6.45, 7) is 0. The summed E-state index contributed by atoms with van der Waals surface area (Å²) >= 11 is 0. The average Bonchev–Trinajstić information content (AvgIpc) is 2.59. The van der Waals surface area contributed by atoms with E-state index in [1.165, 1.54) is 12.2 Å². The van der Waals surface area contributed by atoms with Gasteiger partial charge in [-0.1, -0.05) is 18.2 Å². The molecule has 1 aromatic rings. The van der Waals surface area contributed by atoms with Gasteiger partial charge in [-0.3, -0.25) is 9.59 Å². The Kier molecular flexibility index (Phi) is 4.66. The predicted octanol–water partition coefficient (Wildman–Crippen LogP) is 0.744. The number of nitrogens with zero attached hydrogens (tertiary/aromatic N) is 1. The summed E-state index contributed by atoms with van der Waals surface area (Å²) in [5.74, 6) is -0.563. The van der Waals surface area contributed by atoms with E-state index in [9.17, 15) is 9.59 Å². The molecule has 0 saturated carbocycles. The zero-order valence-corrected chi connectivity index (χ0v) is 9.45. The smallest absolute Gasteiger partial charge is 0.269 e. The Morgan fingerprint density at radius 2 is 1.35 bits per heavy atom. The largest absolute Gasteiger partial charge is 0.692 e. The second-order valence-electron chi connectivity index (χ2n) is 2.93. The standard InChI is InChI=1S/C10H7NO2.HO3P/c12-9-6-7-10(13)11(9)8-4-2-1-3-5-8;1-4(2)3/h1-7H;(H-,1,2,3)/p+1. The highest BCUT2D eigenvalue weighted by Gasteiger charge is 2.24. The highest BCUT2D eigenvalue weighted by atomic mass is 31.1. The van der Waals surface area contributed by atoms with Crippen molar-refractivity contribution < 1.29 is 23.9 Å². The van der Waals surface area contributed by atoms with Crippen molar-refractivity contribution in [1.29, 1.82) is 0 Å². The lowest BCUT2D eigenvalue weighted by Gasteiger charge is -2.12. The third kappa shape index (κ3) is 3.88. The van der Waals surface area contributed by atoms with Gasteiger partial charge in [0.25, 0.3) is 11.8 Å². The van der Waals surface area contributed by atoms with Crippen LogP contribution in [0.5, 0.6) is 0 Å². The number of carbonyl (C=O) groups is 2. The minimum atomic E-state index is -2.87. The first-order valence-corrected chi connectivity index (χ1v) is 5.65. The molecule has 2 amide bonds. The van der Waals surface area contributed by atoms with Crippen molar-refractivity contribution in [2.75, 3.05) is 4.90 Å². The molecular formula is C10H9NO5P+. The molecular weight excluding hydrogens is 245 g/mol. The Morgan fingerprint density at radius 3 is 1.76 bits per heavy atom. The van der Waals surface area contributed by atoms with Gasteiger partial charge in [0.2, 0.25) is 0 Å². The summed E-state index contributed by atoms with van der Waals surface area (Å²) in [6.07, 6.45) is 2.55. The minimum Gasteiger partial charge on any atom is -0.269 e. The van der Waals surface area contributed by atoms with E-state index >= 15 is 0 Å². The molecule has 2 rings (SSSR count). The zero-order chi connectivity index (χ0) is 12.8. The monoisotopic (exact) mass is 254 g/mol. The molecule has 0 saturated heterocycles. The fourth-order valence-corrected chi connectivity index (χ4v) is 1.23. The maximum Gasteiger partial charge on any atom is 0.692 e. The van der Waals surface area contributed by atoms with Gasteiger partial charge in [0, 0.05) is 16.7 Å². The molecule has 0 aliphatic carbocycles. The quantitative estimate of drug-likeness (QED) is 0.569. The molecule has 0 spiro atoms. The maximum absolute atomic E-state index is 11.2. The Balaban J connectivity index is 0.000000317. The van der Waals surface area contributed by atoms with Crippen LogP contribution in [0.4, 0.5) is 5.69 Å². The molecule has 0 aromatic heterocycles. The van der Waals surface area contributed by atoms with E-state index in [0.29, 0.717) is 5.69 Å². The SMILES string of the molecule is O=C1C=CC(=O)N1c1ccccc1.O=[P+](O)O. The second kappa shape index (κ2) is 6.00. The molecule has 2 N–H and O–H groups in total. The Bertz CT molecular complexity index is 449. The lowest BCUT2D eigenvalue weighted by molar-refractivity contribution is -0.119. The highest BCUT2D eigenvalue weighted by molar-refractivity contribution is 7.30. The fourth-order valence-electron chi connectivity index (χ4n) is 1.23. The van der Waals surface area contributed by atoms with Crippen LogP contribution in [-0.2, 0) is 14.2 Å². The third-order valence-electron chi connectivity index (χ3n) is 1.82. The van der Waals surface area contributed by atoms with E-state index in [1.807, 2.05) is 6.07 Å². The lowest BCUT2D eigenvalue weighted by atomic mass is 10.3. The summed E-state index contributed by atoms with van der Waals surface area (Å²) in [7, 11) is -2.87. The van der Waals surface area contributed by atoms with Gasteiger partial charge in [-0.15, -0.1) is 9.79 Å². The van der Waals surface area contributed by atoms with Crippen LogP contribution in [0, 0.1) is 0 Å². The van der Waals surface area contributed by atoms with Crippen LogP contribution in [0.15, 0.2) is 42.5 Å². The van der Waals surface area contributed by atoms with Crippen LogP contribution < -0.4 is 4.90 Å². The van der Waals surface area contributed by atoms with E-state index in [0.717, 1.165) is 4.90 Å². The van der Waals surface area contributed by atoms with Gasteiger partial charge < -0.3 is 0 Å². The molecule has 1 aliphatic heterocycles. The minimum absolute atomic E-state index is 0.281. The number of rotatable bonds is 1.